The quantitative estimate of drug-likeness (QED) is 0.844. The molecule has 1 fully saturated rings. The van der Waals surface area contributed by atoms with Gasteiger partial charge in [0, 0.05) is 38.1 Å². The van der Waals surface area contributed by atoms with Crippen molar-refractivity contribution in [2.45, 2.75) is 44.6 Å². The number of fused-ring (bicyclic) bond motifs is 2. The molecule has 1 aromatic carbocycles. The summed E-state index contributed by atoms with van der Waals surface area (Å²) in [5.74, 6) is 3.47. The Kier molecular flexibility index (Phi) is 4.66. The average molecular weight is 398 g/mol. The molecule has 29 heavy (non-hydrogen) atoms. The Hall–Kier alpha value is -2.61. The Balaban J connectivity index is 1.31. The number of carbonyl (C=O) groups excluding carboxylic acids is 1. The van der Waals surface area contributed by atoms with Crippen molar-refractivity contribution < 1.29 is 19.0 Å². The van der Waals surface area contributed by atoms with Gasteiger partial charge in [-0.1, -0.05) is 6.07 Å². The molecule has 0 bridgehead atoms. The molecular weight excluding hydrogens is 372 g/mol. The molecule has 0 unspecified atom stereocenters. The summed E-state index contributed by atoms with van der Waals surface area (Å²) in [6.07, 6.45) is 3.34. The van der Waals surface area contributed by atoms with Gasteiger partial charge in [0.1, 0.15) is 11.6 Å². The summed E-state index contributed by atoms with van der Waals surface area (Å²) in [5, 5.41) is 11.6. The molecular formula is C21H26N4O4. The summed E-state index contributed by atoms with van der Waals surface area (Å²) in [5.41, 5.74) is 1.02. The second-order valence-corrected chi connectivity index (χ2v) is 8.19. The lowest BCUT2D eigenvalue weighted by Crippen LogP contribution is -2.47. The van der Waals surface area contributed by atoms with Gasteiger partial charge in [-0.25, -0.2) is 0 Å². The maximum atomic E-state index is 13.0. The molecule has 1 aromatic heterocycles. The van der Waals surface area contributed by atoms with Gasteiger partial charge < -0.3 is 24.1 Å². The van der Waals surface area contributed by atoms with Gasteiger partial charge in [0.05, 0.1) is 5.92 Å². The Morgan fingerprint density at radius 1 is 1.24 bits per heavy atom. The molecule has 154 valence electrons. The molecule has 0 radical (unpaired) electrons. The predicted octanol–water partition coefficient (Wildman–Crippen LogP) is 1.74. The van der Waals surface area contributed by atoms with Gasteiger partial charge in [0.15, 0.2) is 11.5 Å². The first-order chi connectivity index (χ1) is 14.1. The summed E-state index contributed by atoms with van der Waals surface area (Å²) in [6.45, 7) is 4.83. The second-order valence-electron chi connectivity index (χ2n) is 8.19. The van der Waals surface area contributed by atoms with E-state index in [1.165, 1.54) is 5.56 Å². The van der Waals surface area contributed by atoms with Gasteiger partial charge >= 0.3 is 0 Å². The number of nitrogens with zero attached hydrogens (tertiary/aromatic N) is 3. The minimum absolute atomic E-state index is 0.0501. The van der Waals surface area contributed by atoms with E-state index in [1.54, 1.807) is 0 Å². The normalized spacial score (nSPS) is 22.2. The number of nitrogens with one attached hydrogen (secondary N) is 1. The van der Waals surface area contributed by atoms with Crippen LogP contribution >= 0.6 is 0 Å². The van der Waals surface area contributed by atoms with Crippen LogP contribution in [0.25, 0.3) is 0 Å². The minimum Gasteiger partial charge on any atom is -0.454 e. The van der Waals surface area contributed by atoms with Crippen molar-refractivity contribution in [1.82, 2.24) is 20.1 Å². The van der Waals surface area contributed by atoms with Crippen LogP contribution in [-0.2, 0) is 27.9 Å². The zero-order valence-electron chi connectivity index (χ0n) is 16.6. The van der Waals surface area contributed by atoms with E-state index in [0.717, 1.165) is 48.8 Å². The lowest BCUT2D eigenvalue weighted by atomic mass is 9.74. The number of hydrogen-bond acceptors (Lipinski definition) is 6. The van der Waals surface area contributed by atoms with Gasteiger partial charge in [-0.05, 0) is 43.9 Å². The van der Waals surface area contributed by atoms with E-state index < -0.39 is 0 Å². The summed E-state index contributed by atoms with van der Waals surface area (Å²) >= 11 is 0. The Labute approximate surface area is 169 Å². The van der Waals surface area contributed by atoms with Crippen LogP contribution in [0.1, 0.15) is 36.5 Å². The van der Waals surface area contributed by atoms with Crippen molar-refractivity contribution in [2.24, 2.45) is 5.92 Å². The highest BCUT2D eigenvalue weighted by Crippen LogP contribution is 2.40. The van der Waals surface area contributed by atoms with Crippen LogP contribution in [0.2, 0.25) is 0 Å². The van der Waals surface area contributed by atoms with Crippen LogP contribution in [0.5, 0.6) is 11.5 Å². The fourth-order valence-electron chi connectivity index (χ4n) is 4.63. The third-order valence-electron chi connectivity index (χ3n) is 6.54. The topological polar surface area (TPSA) is 87.5 Å². The molecule has 5 rings (SSSR count). The van der Waals surface area contributed by atoms with Crippen LogP contribution in [0.15, 0.2) is 18.2 Å². The summed E-state index contributed by atoms with van der Waals surface area (Å²) in [4.78, 5) is 13.0. The fraction of sp³-hybridized carbons (Fsp3) is 0.571. The van der Waals surface area contributed by atoms with Gasteiger partial charge in [-0.2, -0.15) is 0 Å². The number of aromatic nitrogens is 3. The first kappa shape index (κ1) is 18.4. The third kappa shape index (κ3) is 3.35. The van der Waals surface area contributed by atoms with E-state index in [0.29, 0.717) is 26.3 Å². The molecule has 0 spiro atoms. The van der Waals surface area contributed by atoms with Gasteiger partial charge in [0.25, 0.3) is 0 Å². The van der Waals surface area contributed by atoms with Crippen molar-refractivity contribution in [2.75, 3.05) is 26.6 Å². The van der Waals surface area contributed by atoms with E-state index in [-0.39, 0.29) is 24.0 Å². The molecule has 1 saturated heterocycles. The summed E-state index contributed by atoms with van der Waals surface area (Å²) in [6, 6.07) is 6.12. The van der Waals surface area contributed by atoms with Crippen molar-refractivity contribution >= 4 is 5.91 Å². The summed E-state index contributed by atoms with van der Waals surface area (Å²) in [7, 11) is 0. The Morgan fingerprint density at radius 3 is 2.93 bits per heavy atom. The van der Waals surface area contributed by atoms with Crippen molar-refractivity contribution in [1.29, 1.82) is 0 Å². The number of rotatable bonds is 4. The molecule has 8 heteroatoms. The first-order valence-corrected chi connectivity index (χ1v) is 10.3. The molecule has 3 aliphatic rings. The number of carbonyl (C=O) groups is 1. The van der Waals surface area contributed by atoms with E-state index in [1.807, 2.05) is 13.0 Å². The SMILES string of the molecule is Cc1nnc2n1C[C@@H](C(=O)NCC1(c3ccc4c(c3)OCO4)CCOCC1)CC2. The van der Waals surface area contributed by atoms with Crippen LogP contribution in [0.3, 0.4) is 0 Å². The Bertz CT molecular complexity index is 919. The summed E-state index contributed by atoms with van der Waals surface area (Å²) < 4.78 is 18.7. The molecule has 1 atom stereocenters. The second kappa shape index (κ2) is 7.33. The van der Waals surface area contributed by atoms with E-state index >= 15 is 0 Å². The molecule has 0 saturated carbocycles. The highest BCUT2D eigenvalue weighted by molar-refractivity contribution is 5.79. The zero-order valence-corrected chi connectivity index (χ0v) is 16.6. The maximum absolute atomic E-state index is 13.0. The smallest absolute Gasteiger partial charge is 0.231 e. The van der Waals surface area contributed by atoms with Crippen LogP contribution < -0.4 is 14.8 Å². The number of aryl methyl sites for hydroxylation is 2. The van der Waals surface area contributed by atoms with Crippen LogP contribution in [-0.4, -0.2) is 47.2 Å². The van der Waals surface area contributed by atoms with Crippen LogP contribution in [0, 0.1) is 12.8 Å². The molecule has 8 nitrogen and oxygen atoms in total. The maximum Gasteiger partial charge on any atom is 0.231 e. The van der Waals surface area contributed by atoms with Gasteiger partial charge in [0.2, 0.25) is 12.7 Å². The molecule has 1 N–H and O–H groups in total. The fourth-order valence-corrected chi connectivity index (χ4v) is 4.63. The predicted molar refractivity (Wildman–Crippen MR) is 104 cm³/mol. The highest BCUT2D eigenvalue weighted by Gasteiger charge is 2.37. The van der Waals surface area contributed by atoms with Gasteiger partial charge in [-0.3, -0.25) is 4.79 Å². The number of ether oxygens (including phenoxy) is 3. The van der Waals surface area contributed by atoms with Crippen molar-refractivity contribution in [3.63, 3.8) is 0 Å². The van der Waals surface area contributed by atoms with E-state index in [9.17, 15) is 4.79 Å². The third-order valence-corrected chi connectivity index (χ3v) is 6.54. The molecule has 1 amide bonds. The average Bonchev–Trinajstić information content (AvgIpc) is 3.38. The van der Waals surface area contributed by atoms with Crippen molar-refractivity contribution in [3.05, 3.63) is 35.4 Å². The largest absolute Gasteiger partial charge is 0.454 e. The first-order valence-electron chi connectivity index (χ1n) is 10.3. The number of hydrogen-bond donors (Lipinski definition) is 1. The standard InChI is InChI=1S/C21H26N4O4/c1-14-23-24-19-5-2-15(11-25(14)19)20(26)22-12-21(6-8-27-9-7-21)16-3-4-17-18(10-16)29-13-28-17/h3-4,10,15H,2,5-9,11-13H2,1H3,(H,22,26)/t15-/m0/s1. The van der Waals surface area contributed by atoms with E-state index in [2.05, 4.69) is 32.2 Å². The van der Waals surface area contributed by atoms with Crippen LogP contribution in [0.4, 0.5) is 0 Å². The molecule has 4 heterocycles. The lowest BCUT2D eigenvalue weighted by molar-refractivity contribution is -0.126. The molecule has 2 aromatic rings. The lowest BCUT2D eigenvalue weighted by Gasteiger charge is -2.38. The molecule has 3 aliphatic heterocycles. The Morgan fingerprint density at radius 2 is 2.07 bits per heavy atom. The molecule has 0 aliphatic carbocycles. The monoisotopic (exact) mass is 398 g/mol. The highest BCUT2D eigenvalue weighted by atomic mass is 16.7. The number of benzene rings is 1. The van der Waals surface area contributed by atoms with Crippen molar-refractivity contribution in [3.8, 4) is 11.5 Å². The zero-order chi connectivity index (χ0) is 19.8. The van der Waals surface area contributed by atoms with Gasteiger partial charge in [-0.15, -0.1) is 10.2 Å². The minimum atomic E-state index is -0.152. The number of amides is 1. The van der Waals surface area contributed by atoms with E-state index in [4.69, 9.17) is 14.2 Å².